The van der Waals surface area contributed by atoms with Crippen molar-refractivity contribution in [2.24, 2.45) is 0 Å². The Morgan fingerprint density at radius 3 is 1.08 bits per heavy atom. The summed E-state index contributed by atoms with van der Waals surface area (Å²) in [7, 11) is -9.15. The molecule has 4 aromatic carbocycles. The van der Waals surface area contributed by atoms with E-state index in [0.29, 0.717) is 22.3 Å². The van der Waals surface area contributed by atoms with Crippen LogP contribution < -0.4 is 4.74 Å². The van der Waals surface area contributed by atoms with Gasteiger partial charge < -0.3 is 4.74 Å². The minimum Gasteiger partial charge on any atom is -0.457 e. The van der Waals surface area contributed by atoms with Crippen LogP contribution in [0.25, 0.3) is 0 Å². The summed E-state index contributed by atoms with van der Waals surface area (Å²) in [5.41, 5.74) is 2.51. The number of ether oxygens (including phenoxy) is 1. The highest BCUT2D eigenvalue weighted by molar-refractivity contribution is 7.87. The van der Waals surface area contributed by atoms with E-state index in [1.54, 1.807) is 65.8 Å². The molecule has 2 aliphatic heterocycles. The Morgan fingerprint density at radius 2 is 0.755 bits per heavy atom. The summed E-state index contributed by atoms with van der Waals surface area (Å²) in [6, 6.07) is 14.1. The van der Waals surface area contributed by atoms with E-state index in [0.717, 1.165) is 11.1 Å². The fraction of sp³-hybridized carbons (Fsp3) is 0.176. The van der Waals surface area contributed by atoms with Gasteiger partial charge in [0.15, 0.2) is 0 Å². The summed E-state index contributed by atoms with van der Waals surface area (Å²) in [5, 5.41) is 0.342. The summed E-state index contributed by atoms with van der Waals surface area (Å²) >= 11 is 0. The van der Waals surface area contributed by atoms with E-state index in [9.17, 15) is 36.0 Å². The van der Waals surface area contributed by atoms with Crippen LogP contribution in [0.5, 0.6) is 11.5 Å². The molecule has 0 saturated heterocycles. The molecule has 0 aliphatic carbocycles. The van der Waals surface area contributed by atoms with Crippen molar-refractivity contribution >= 4 is 43.9 Å². The van der Waals surface area contributed by atoms with Gasteiger partial charge in [0, 0.05) is 0 Å². The second-order valence-corrected chi connectivity index (χ2v) is 14.8. The average Bonchev–Trinajstić information content (AvgIpc) is 3.35. The van der Waals surface area contributed by atoms with Crippen molar-refractivity contribution in [3.8, 4) is 11.5 Å². The maximum absolute atomic E-state index is 13.2. The number of aryl methyl sites for hydroxylation is 6. The molecular weight excluding hydrogens is 677 g/mol. The molecule has 15 heteroatoms. The van der Waals surface area contributed by atoms with E-state index in [-0.39, 0.29) is 53.7 Å². The molecule has 2 aliphatic rings. The first-order chi connectivity index (χ1) is 22.9. The maximum atomic E-state index is 13.2. The fourth-order valence-corrected chi connectivity index (χ4v) is 8.81. The molecule has 0 radical (unpaired) electrons. The number of hydroxylamine groups is 4. The number of fused-ring (bicyclic) bond motifs is 2. The number of carbonyl (C=O) groups excluding carboxylic acids is 4. The van der Waals surface area contributed by atoms with Crippen LogP contribution in [0.2, 0.25) is 0 Å². The SMILES string of the molecule is Cc1cc(C)c(S(=O)(=O)ON2C(=O)c3ccc(Oc4ccc5c(c4)C(=O)N(OS(=O)(=O)c4c(C)cc(C)cc4C)C5=O)cc3C2=O)c(C)c1. The van der Waals surface area contributed by atoms with Crippen LogP contribution in [0.4, 0.5) is 0 Å². The molecule has 0 spiro atoms. The van der Waals surface area contributed by atoms with E-state index in [2.05, 4.69) is 0 Å². The topological polar surface area (TPSA) is 171 Å². The number of nitrogens with zero attached hydrogens (tertiary/aromatic N) is 2. The molecule has 13 nitrogen and oxygen atoms in total. The Morgan fingerprint density at radius 1 is 0.449 bits per heavy atom. The summed E-state index contributed by atoms with van der Waals surface area (Å²) in [6.07, 6.45) is 0. The third-order valence-electron chi connectivity index (χ3n) is 7.93. The second-order valence-electron chi connectivity index (χ2n) is 11.8. The van der Waals surface area contributed by atoms with Crippen LogP contribution in [0.1, 0.15) is 74.8 Å². The average molecular weight is 705 g/mol. The van der Waals surface area contributed by atoms with Gasteiger partial charge in [-0.15, -0.1) is 18.7 Å². The standard InChI is InChI=1S/C34H28N2O11S2/c1-17-11-19(3)29(20(4)12-17)48(41,42)46-35-31(37)25-9-7-23(15-27(25)33(35)39)45-24-8-10-26-28(16-24)34(40)36(32(26)38)47-49(43,44)30-21(5)13-18(2)14-22(30)6/h7-16H,1-6H3. The van der Waals surface area contributed by atoms with Crippen molar-refractivity contribution in [1.82, 2.24) is 10.1 Å². The highest BCUT2D eigenvalue weighted by Gasteiger charge is 2.43. The lowest BCUT2D eigenvalue weighted by Crippen LogP contribution is -2.33. The van der Waals surface area contributed by atoms with Crippen molar-refractivity contribution < 1.29 is 49.3 Å². The van der Waals surface area contributed by atoms with E-state index in [1.807, 2.05) is 0 Å². The first-order valence-electron chi connectivity index (χ1n) is 14.7. The third kappa shape index (κ3) is 5.80. The minimum atomic E-state index is -4.58. The molecule has 6 rings (SSSR count). The van der Waals surface area contributed by atoms with Gasteiger partial charge in [0.05, 0.1) is 22.3 Å². The molecule has 0 atom stereocenters. The van der Waals surface area contributed by atoms with E-state index < -0.39 is 43.9 Å². The summed E-state index contributed by atoms with van der Waals surface area (Å²) in [5.74, 6) is -4.03. The van der Waals surface area contributed by atoms with Crippen molar-refractivity contribution in [2.45, 2.75) is 51.3 Å². The molecule has 0 bridgehead atoms. The normalized spacial score (nSPS) is 14.5. The predicted molar refractivity (Wildman–Crippen MR) is 172 cm³/mol. The van der Waals surface area contributed by atoms with Gasteiger partial charge in [0.25, 0.3) is 23.6 Å². The van der Waals surface area contributed by atoms with Crippen molar-refractivity contribution in [2.75, 3.05) is 0 Å². The summed E-state index contributed by atoms with van der Waals surface area (Å²) < 4.78 is 68.5. The summed E-state index contributed by atoms with van der Waals surface area (Å²) in [6.45, 7) is 9.89. The molecule has 49 heavy (non-hydrogen) atoms. The first kappa shape index (κ1) is 33.7. The number of rotatable bonds is 8. The molecule has 0 aromatic heterocycles. The second kappa shape index (κ2) is 11.7. The van der Waals surface area contributed by atoms with Gasteiger partial charge in [-0.05, 0) is 100 Å². The molecule has 0 fully saturated rings. The largest absolute Gasteiger partial charge is 0.457 e. The first-order valence-corrected chi connectivity index (χ1v) is 17.5. The third-order valence-corrected chi connectivity index (χ3v) is 10.9. The predicted octanol–water partition coefficient (Wildman–Crippen LogP) is 5.16. The van der Waals surface area contributed by atoms with Crippen molar-refractivity contribution in [3.63, 3.8) is 0 Å². The molecule has 0 unspecified atom stereocenters. The van der Waals surface area contributed by atoms with Crippen LogP contribution in [0.3, 0.4) is 0 Å². The summed E-state index contributed by atoms with van der Waals surface area (Å²) in [4.78, 5) is 52.1. The zero-order valence-electron chi connectivity index (χ0n) is 27.0. The van der Waals surface area contributed by atoms with Crippen LogP contribution in [0.15, 0.2) is 70.5 Å². The van der Waals surface area contributed by atoms with Gasteiger partial charge in [-0.25, -0.2) is 0 Å². The number of imide groups is 2. The Hall–Kier alpha value is -5.22. The Kier molecular flexibility index (Phi) is 8.06. The lowest BCUT2D eigenvalue weighted by molar-refractivity contribution is -0.0108. The van der Waals surface area contributed by atoms with Gasteiger partial charge in [0.2, 0.25) is 0 Å². The van der Waals surface area contributed by atoms with E-state index >= 15 is 0 Å². The molecule has 4 amide bonds. The molecular formula is C34H28N2O11S2. The van der Waals surface area contributed by atoms with Crippen molar-refractivity contribution in [3.05, 3.63) is 116 Å². The number of hydrogen-bond donors (Lipinski definition) is 0. The van der Waals surface area contributed by atoms with Gasteiger partial charge in [-0.2, -0.15) is 16.8 Å². The quantitative estimate of drug-likeness (QED) is 0.222. The van der Waals surface area contributed by atoms with E-state index in [4.69, 9.17) is 13.3 Å². The maximum Gasteiger partial charge on any atom is 0.318 e. The number of benzene rings is 4. The van der Waals surface area contributed by atoms with Crippen LogP contribution in [-0.4, -0.2) is 50.6 Å². The lowest BCUT2D eigenvalue weighted by Gasteiger charge is -2.16. The van der Waals surface area contributed by atoms with E-state index in [1.165, 1.54) is 36.4 Å². The van der Waals surface area contributed by atoms with Crippen LogP contribution >= 0.6 is 0 Å². The highest BCUT2D eigenvalue weighted by Crippen LogP contribution is 2.35. The zero-order valence-corrected chi connectivity index (χ0v) is 28.6. The number of carbonyl (C=O) groups is 4. The Balaban J connectivity index is 1.22. The molecule has 2 heterocycles. The van der Waals surface area contributed by atoms with Crippen molar-refractivity contribution in [1.29, 1.82) is 0 Å². The highest BCUT2D eigenvalue weighted by atomic mass is 32.2. The van der Waals surface area contributed by atoms with Crippen LogP contribution in [-0.2, 0) is 28.8 Å². The van der Waals surface area contributed by atoms with Gasteiger partial charge in [-0.3, -0.25) is 19.2 Å². The number of amides is 4. The molecule has 0 N–H and O–H groups in total. The smallest absolute Gasteiger partial charge is 0.318 e. The number of hydrogen-bond acceptors (Lipinski definition) is 11. The fourth-order valence-electron chi connectivity index (χ4n) is 6.19. The van der Waals surface area contributed by atoms with Gasteiger partial charge in [0.1, 0.15) is 21.3 Å². The molecule has 0 saturated carbocycles. The monoisotopic (exact) mass is 704 g/mol. The Labute approximate surface area is 281 Å². The van der Waals surface area contributed by atoms with Gasteiger partial charge >= 0.3 is 20.2 Å². The molecule has 4 aromatic rings. The minimum absolute atomic E-state index is 0.0209. The van der Waals surface area contributed by atoms with Gasteiger partial charge in [-0.1, -0.05) is 35.4 Å². The lowest BCUT2D eigenvalue weighted by atomic mass is 10.1. The molecule has 252 valence electrons. The Bertz CT molecular complexity index is 2190. The van der Waals surface area contributed by atoms with Crippen LogP contribution in [0, 0.1) is 41.5 Å². The zero-order chi connectivity index (χ0) is 35.7.